The van der Waals surface area contributed by atoms with Crippen molar-refractivity contribution in [2.75, 3.05) is 5.32 Å². The van der Waals surface area contributed by atoms with Crippen LogP contribution in [0.5, 0.6) is 0 Å². The molecule has 1 amide bonds. The monoisotopic (exact) mass is 285 g/mol. The van der Waals surface area contributed by atoms with E-state index in [0.29, 0.717) is 16.9 Å². The maximum absolute atomic E-state index is 12.1. The number of amides is 1. The fraction of sp³-hybridized carbons (Fsp3) is 0. The molecule has 0 fully saturated rings. The normalized spacial score (nSPS) is 10.4. The third kappa shape index (κ3) is 2.55. The summed E-state index contributed by atoms with van der Waals surface area (Å²) in [6.45, 7) is 0. The number of benzene rings is 1. The summed E-state index contributed by atoms with van der Waals surface area (Å²) in [5.41, 5.74) is 1.85. The quantitative estimate of drug-likeness (QED) is 0.731. The summed E-state index contributed by atoms with van der Waals surface area (Å²) < 4.78 is 0. The van der Waals surface area contributed by atoms with Crippen LogP contribution in [-0.2, 0) is 0 Å². The van der Waals surface area contributed by atoms with Crippen LogP contribution >= 0.6 is 11.6 Å². The van der Waals surface area contributed by atoms with Crippen LogP contribution in [0.4, 0.5) is 5.82 Å². The lowest BCUT2D eigenvalue weighted by Crippen LogP contribution is -2.13. The van der Waals surface area contributed by atoms with Gasteiger partial charge in [-0.1, -0.05) is 11.6 Å². The Morgan fingerprint density at radius 3 is 2.60 bits per heavy atom. The second-order valence-corrected chi connectivity index (χ2v) is 4.33. The molecule has 1 N–H and O–H groups in total. The smallest absolute Gasteiger partial charge is 0.256 e. The van der Waals surface area contributed by atoms with Gasteiger partial charge in [0.1, 0.15) is 17.3 Å². The first-order chi connectivity index (χ1) is 9.72. The van der Waals surface area contributed by atoms with Crippen molar-refractivity contribution in [3.8, 4) is 0 Å². The van der Waals surface area contributed by atoms with E-state index in [4.69, 9.17) is 11.6 Å². The highest BCUT2D eigenvalue weighted by Crippen LogP contribution is 2.13. The zero-order chi connectivity index (χ0) is 13.9. The molecule has 0 saturated heterocycles. The SMILES string of the molecule is O=C(Nc1cc(Cl)ncn1)c1ccc2nccnc2c1. The molecule has 0 spiro atoms. The number of nitrogens with one attached hydrogen (secondary N) is 1. The van der Waals surface area contributed by atoms with Gasteiger partial charge in [0.25, 0.3) is 5.91 Å². The van der Waals surface area contributed by atoms with Gasteiger partial charge in [0.2, 0.25) is 0 Å². The number of fused-ring (bicyclic) bond motifs is 1. The number of rotatable bonds is 2. The largest absolute Gasteiger partial charge is 0.306 e. The molecule has 6 nitrogen and oxygen atoms in total. The molecule has 3 rings (SSSR count). The van der Waals surface area contributed by atoms with Crippen LogP contribution in [0.2, 0.25) is 5.15 Å². The number of hydrogen-bond donors (Lipinski definition) is 1. The molecule has 1 aromatic carbocycles. The van der Waals surface area contributed by atoms with Gasteiger partial charge in [-0.3, -0.25) is 14.8 Å². The summed E-state index contributed by atoms with van der Waals surface area (Å²) in [5, 5.41) is 2.90. The van der Waals surface area contributed by atoms with Crippen molar-refractivity contribution in [1.82, 2.24) is 19.9 Å². The van der Waals surface area contributed by atoms with Crippen molar-refractivity contribution >= 4 is 34.4 Å². The van der Waals surface area contributed by atoms with Crippen molar-refractivity contribution in [1.29, 1.82) is 0 Å². The Hall–Kier alpha value is -2.60. The minimum absolute atomic E-state index is 0.264. The van der Waals surface area contributed by atoms with Crippen molar-refractivity contribution in [3.05, 3.63) is 53.7 Å². The Balaban J connectivity index is 1.88. The molecular formula is C13H8ClN5O. The average molecular weight is 286 g/mol. The van der Waals surface area contributed by atoms with E-state index in [9.17, 15) is 4.79 Å². The molecule has 0 aliphatic rings. The van der Waals surface area contributed by atoms with E-state index in [1.807, 2.05) is 0 Å². The molecular weight excluding hydrogens is 278 g/mol. The fourth-order valence-corrected chi connectivity index (χ4v) is 1.84. The Kier molecular flexibility index (Phi) is 3.22. The standard InChI is InChI=1S/C13H8ClN5O/c14-11-6-12(18-7-17-11)19-13(20)8-1-2-9-10(5-8)16-4-3-15-9/h1-7H,(H,17,18,19,20). The molecule has 0 bridgehead atoms. The fourth-order valence-electron chi connectivity index (χ4n) is 1.69. The number of nitrogens with zero attached hydrogens (tertiary/aromatic N) is 4. The van der Waals surface area contributed by atoms with Crippen molar-refractivity contribution < 1.29 is 4.79 Å². The van der Waals surface area contributed by atoms with Gasteiger partial charge in [0, 0.05) is 24.0 Å². The molecule has 0 atom stereocenters. The van der Waals surface area contributed by atoms with E-state index in [1.54, 1.807) is 30.6 Å². The van der Waals surface area contributed by atoms with E-state index >= 15 is 0 Å². The molecule has 2 aromatic heterocycles. The van der Waals surface area contributed by atoms with E-state index < -0.39 is 0 Å². The summed E-state index contributed by atoms with van der Waals surface area (Å²) in [6.07, 6.45) is 4.46. The highest BCUT2D eigenvalue weighted by molar-refractivity contribution is 6.29. The first-order valence-electron chi connectivity index (χ1n) is 5.72. The van der Waals surface area contributed by atoms with Crippen LogP contribution in [-0.4, -0.2) is 25.8 Å². The zero-order valence-corrected chi connectivity index (χ0v) is 10.9. The second-order valence-electron chi connectivity index (χ2n) is 3.94. The minimum Gasteiger partial charge on any atom is -0.306 e. The van der Waals surface area contributed by atoms with Crippen LogP contribution in [0, 0.1) is 0 Å². The molecule has 0 radical (unpaired) electrons. The predicted octanol–water partition coefficient (Wildman–Crippen LogP) is 2.33. The lowest BCUT2D eigenvalue weighted by atomic mass is 10.2. The van der Waals surface area contributed by atoms with Crippen molar-refractivity contribution in [3.63, 3.8) is 0 Å². The maximum atomic E-state index is 12.1. The molecule has 0 unspecified atom stereocenters. The van der Waals surface area contributed by atoms with Gasteiger partial charge in [-0.15, -0.1) is 0 Å². The summed E-state index contributed by atoms with van der Waals surface area (Å²) in [6, 6.07) is 6.56. The third-order valence-corrected chi connectivity index (χ3v) is 2.81. The minimum atomic E-state index is -0.299. The summed E-state index contributed by atoms with van der Waals surface area (Å²) >= 11 is 5.73. The molecule has 20 heavy (non-hydrogen) atoms. The number of halogens is 1. The third-order valence-electron chi connectivity index (χ3n) is 2.61. The lowest BCUT2D eigenvalue weighted by Gasteiger charge is -2.05. The Morgan fingerprint density at radius 2 is 1.80 bits per heavy atom. The van der Waals surface area contributed by atoms with Gasteiger partial charge < -0.3 is 5.32 Å². The van der Waals surface area contributed by atoms with Crippen molar-refractivity contribution in [2.45, 2.75) is 0 Å². The van der Waals surface area contributed by atoms with Gasteiger partial charge in [-0.05, 0) is 18.2 Å². The average Bonchev–Trinajstić information content (AvgIpc) is 2.47. The Morgan fingerprint density at radius 1 is 1.00 bits per heavy atom. The first-order valence-corrected chi connectivity index (χ1v) is 6.10. The van der Waals surface area contributed by atoms with E-state index in [-0.39, 0.29) is 11.1 Å². The van der Waals surface area contributed by atoms with E-state index in [1.165, 1.54) is 12.4 Å². The molecule has 98 valence electrons. The van der Waals surface area contributed by atoms with Gasteiger partial charge in [-0.25, -0.2) is 9.97 Å². The van der Waals surface area contributed by atoms with Crippen LogP contribution in [0.3, 0.4) is 0 Å². The highest BCUT2D eigenvalue weighted by atomic mass is 35.5. The Labute approximate surface area is 118 Å². The maximum Gasteiger partial charge on any atom is 0.256 e. The van der Waals surface area contributed by atoms with Crippen molar-refractivity contribution in [2.24, 2.45) is 0 Å². The van der Waals surface area contributed by atoms with Gasteiger partial charge in [-0.2, -0.15) is 0 Å². The number of hydrogen-bond acceptors (Lipinski definition) is 5. The molecule has 2 heterocycles. The summed E-state index contributed by atoms with van der Waals surface area (Å²) in [4.78, 5) is 28.1. The zero-order valence-electron chi connectivity index (χ0n) is 10.1. The van der Waals surface area contributed by atoms with Gasteiger partial charge in [0.05, 0.1) is 11.0 Å². The highest BCUT2D eigenvalue weighted by Gasteiger charge is 2.08. The molecule has 0 aliphatic heterocycles. The molecule has 0 saturated carbocycles. The van der Waals surface area contributed by atoms with E-state index in [2.05, 4.69) is 25.3 Å². The summed E-state index contributed by atoms with van der Waals surface area (Å²) in [5.74, 6) is 0.0431. The van der Waals surface area contributed by atoms with Gasteiger partial charge >= 0.3 is 0 Å². The molecule has 3 aromatic rings. The van der Waals surface area contributed by atoms with Crippen LogP contribution in [0.15, 0.2) is 43.0 Å². The van der Waals surface area contributed by atoms with Crippen LogP contribution in [0.1, 0.15) is 10.4 Å². The molecule has 0 aliphatic carbocycles. The summed E-state index contributed by atoms with van der Waals surface area (Å²) in [7, 11) is 0. The number of carbonyl (C=O) groups excluding carboxylic acids is 1. The number of carbonyl (C=O) groups is 1. The number of aromatic nitrogens is 4. The van der Waals surface area contributed by atoms with Gasteiger partial charge in [0.15, 0.2) is 0 Å². The topological polar surface area (TPSA) is 80.7 Å². The van der Waals surface area contributed by atoms with Crippen LogP contribution in [0.25, 0.3) is 11.0 Å². The second kappa shape index (κ2) is 5.18. The first kappa shape index (κ1) is 12.4. The molecule has 7 heteroatoms. The van der Waals surface area contributed by atoms with Crippen LogP contribution < -0.4 is 5.32 Å². The van der Waals surface area contributed by atoms with E-state index in [0.717, 1.165) is 5.52 Å². The number of anilines is 1. The predicted molar refractivity (Wildman–Crippen MR) is 74.5 cm³/mol. The lowest BCUT2D eigenvalue weighted by molar-refractivity contribution is 0.102. The Bertz CT molecular complexity index is 792.